The standard InChI is InChI=1S/C19H30N4O2/c1-14(2)15-6-8-17(9-7-15)22-19(25)21-10-4-12-23-11-3-5-16(13-23)18(20)24/h6-9,14,16H,3-5,10-13H2,1-2H3,(H2,20,24)(H2,21,22,25). The van der Waals surface area contributed by atoms with Gasteiger partial charge >= 0.3 is 6.03 Å². The van der Waals surface area contributed by atoms with Gasteiger partial charge in [0.2, 0.25) is 5.91 Å². The first-order chi connectivity index (χ1) is 12.0. The Labute approximate surface area is 150 Å². The Kier molecular flexibility index (Phi) is 7.25. The average Bonchev–Trinajstić information content (AvgIpc) is 2.59. The molecule has 0 aromatic heterocycles. The molecule has 1 aromatic rings. The highest BCUT2D eigenvalue weighted by Gasteiger charge is 2.23. The first-order valence-corrected chi connectivity index (χ1v) is 9.12. The molecule has 6 heteroatoms. The van der Waals surface area contributed by atoms with Gasteiger partial charge in [0.05, 0.1) is 5.92 Å². The monoisotopic (exact) mass is 346 g/mol. The lowest BCUT2D eigenvalue weighted by molar-refractivity contribution is -0.123. The number of carbonyl (C=O) groups excluding carboxylic acids is 2. The van der Waals surface area contributed by atoms with Gasteiger partial charge in [-0.25, -0.2) is 4.79 Å². The second kappa shape index (κ2) is 9.42. The van der Waals surface area contributed by atoms with E-state index < -0.39 is 0 Å². The molecule has 0 bridgehead atoms. The van der Waals surface area contributed by atoms with Crippen LogP contribution in [0.15, 0.2) is 24.3 Å². The molecule has 2 rings (SSSR count). The number of rotatable bonds is 7. The molecular formula is C19H30N4O2. The minimum absolute atomic E-state index is 0.0289. The van der Waals surface area contributed by atoms with Crippen molar-refractivity contribution in [1.82, 2.24) is 10.2 Å². The van der Waals surface area contributed by atoms with Crippen molar-refractivity contribution in [3.63, 3.8) is 0 Å². The zero-order chi connectivity index (χ0) is 18.2. The van der Waals surface area contributed by atoms with Gasteiger partial charge in [-0.2, -0.15) is 0 Å². The molecule has 1 fully saturated rings. The highest BCUT2D eigenvalue weighted by atomic mass is 16.2. The minimum atomic E-state index is -0.203. The number of nitrogens with zero attached hydrogens (tertiary/aromatic N) is 1. The Morgan fingerprint density at radius 2 is 2.00 bits per heavy atom. The summed E-state index contributed by atoms with van der Waals surface area (Å²) < 4.78 is 0. The quantitative estimate of drug-likeness (QED) is 0.663. The van der Waals surface area contributed by atoms with E-state index in [1.165, 1.54) is 5.56 Å². The first kappa shape index (κ1) is 19.2. The van der Waals surface area contributed by atoms with Gasteiger partial charge in [0, 0.05) is 18.8 Å². The molecule has 4 N–H and O–H groups in total. The van der Waals surface area contributed by atoms with E-state index in [1.807, 2.05) is 24.3 Å². The van der Waals surface area contributed by atoms with E-state index in [-0.39, 0.29) is 17.9 Å². The number of amides is 3. The molecule has 25 heavy (non-hydrogen) atoms. The number of likely N-dealkylation sites (tertiary alicyclic amines) is 1. The topological polar surface area (TPSA) is 87.5 Å². The molecule has 3 amide bonds. The van der Waals surface area contributed by atoms with Crippen LogP contribution in [0.3, 0.4) is 0 Å². The molecule has 1 heterocycles. The van der Waals surface area contributed by atoms with Crippen LogP contribution in [0.1, 0.15) is 44.6 Å². The van der Waals surface area contributed by atoms with Crippen molar-refractivity contribution in [2.45, 2.75) is 39.0 Å². The third-order valence-electron chi connectivity index (χ3n) is 4.68. The van der Waals surface area contributed by atoms with Crippen LogP contribution in [0.4, 0.5) is 10.5 Å². The Balaban J connectivity index is 1.64. The smallest absolute Gasteiger partial charge is 0.319 e. The molecule has 1 aliphatic heterocycles. The van der Waals surface area contributed by atoms with E-state index in [0.717, 1.165) is 44.6 Å². The van der Waals surface area contributed by atoms with E-state index in [2.05, 4.69) is 29.4 Å². The van der Waals surface area contributed by atoms with Crippen LogP contribution in [0.2, 0.25) is 0 Å². The van der Waals surface area contributed by atoms with Crippen molar-refractivity contribution in [1.29, 1.82) is 0 Å². The van der Waals surface area contributed by atoms with E-state index in [0.29, 0.717) is 12.5 Å². The van der Waals surface area contributed by atoms with Crippen molar-refractivity contribution in [3.8, 4) is 0 Å². The summed E-state index contributed by atoms with van der Waals surface area (Å²) in [4.78, 5) is 25.5. The number of anilines is 1. The van der Waals surface area contributed by atoms with Crippen molar-refractivity contribution >= 4 is 17.6 Å². The summed E-state index contributed by atoms with van der Waals surface area (Å²) in [7, 11) is 0. The number of piperidine rings is 1. The molecular weight excluding hydrogens is 316 g/mol. The lowest BCUT2D eigenvalue weighted by atomic mass is 9.97. The van der Waals surface area contributed by atoms with Crippen molar-refractivity contribution < 1.29 is 9.59 Å². The summed E-state index contributed by atoms with van der Waals surface area (Å²) in [6.07, 6.45) is 2.75. The number of urea groups is 1. The van der Waals surface area contributed by atoms with Gasteiger partial charge in [-0.3, -0.25) is 4.79 Å². The lowest BCUT2D eigenvalue weighted by Gasteiger charge is -2.31. The van der Waals surface area contributed by atoms with Crippen molar-refractivity contribution in [3.05, 3.63) is 29.8 Å². The molecule has 0 spiro atoms. The second-order valence-corrected chi connectivity index (χ2v) is 7.05. The van der Waals surface area contributed by atoms with Gasteiger partial charge < -0.3 is 21.3 Å². The highest BCUT2D eigenvalue weighted by molar-refractivity contribution is 5.89. The number of primary amides is 1. The van der Waals surface area contributed by atoms with E-state index >= 15 is 0 Å². The van der Waals surface area contributed by atoms with Crippen LogP contribution in [0.25, 0.3) is 0 Å². The van der Waals surface area contributed by atoms with Crippen LogP contribution in [-0.2, 0) is 4.79 Å². The van der Waals surface area contributed by atoms with E-state index in [4.69, 9.17) is 5.73 Å². The number of hydrogen-bond donors (Lipinski definition) is 3. The van der Waals surface area contributed by atoms with E-state index in [1.54, 1.807) is 0 Å². The summed E-state index contributed by atoms with van der Waals surface area (Å²) in [6.45, 7) is 7.49. The normalized spacial score (nSPS) is 18.1. The first-order valence-electron chi connectivity index (χ1n) is 9.12. The van der Waals surface area contributed by atoms with Gasteiger partial charge in [0.1, 0.15) is 0 Å². The van der Waals surface area contributed by atoms with Gasteiger partial charge in [-0.1, -0.05) is 26.0 Å². The average molecular weight is 346 g/mol. The summed E-state index contributed by atoms with van der Waals surface area (Å²) >= 11 is 0. The number of nitrogens with two attached hydrogens (primary N) is 1. The maximum Gasteiger partial charge on any atom is 0.319 e. The maximum absolute atomic E-state index is 11.9. The molecule has 0 aliphatic carbocycles. The highest BCUT2D eigenvalue weighted by Crippen LogP contribution is 2.17. The molecule has 1 aromatic carbocycles. The fraction of sp³-hybridized carbons (Fsp3) is 0.579. The number of nitrogens with one attached hydrogen (secondary N) is 2. The zero-order valence-corrected chi connectivity index (χ0v) is 15.3. The molecule has 6 nitrogen and oxygen atoms in total. The Morgan fingerprint density at radius 1 is 1.28 bits per heavy atom. The largest absolute Gasteiger partial charge is 0.369 e. The lowest BCUT2D eigenvalue weighted by Crippen LogP contribution is -2.42. The molecule has 1 aliphatic rings. The Bertz CT molecular complexity index is 571. The maximum atomic E-state index is 11.9. The van der Waals surface area contributed by atoms with Crippen LogP contribution in [0, 0.1) is 5.92 Å². The summed E-state index contributed by atoms with van der Waals surface area (Å²) in [5.41, 5.74) is 7.44. The van der Waals surface area contributed by atoms with Gasteiger partial charge in [0.25, 0.3) is 0 Å². The molecule has 1 saturated heterocycles. The molecule has 0 radical (unpaired) electrons. The predicted molar refractivity (Wildman–Crippen MR) is 101 cm³/mol. The zero-order valence-electron chi connectivity index (χ0n) is 15.3. The van der Waals surface area contributed by atoms with Crippen LogP contribution < -0.4 is 16.4 Å². The summed E-state index contributed by atoms with van der Waals surface area (Å²) in [5, 5.41) is 5.72. The van der Waals surface area contributed by atoms with Crippen molar-refractivity contribution in [2.75, 3.05) is 31.5 Å². The van der Waals surface area contributed by atoms with Crippen LogP contribution in [0.5, 0.6) is 0 Å². The predicted octanol–water partition coefficient (Wildman–Crippen LogP) is 2.52. The van der Waals surface area contributed by atoms with Gasteiger partial charge in [0.15, 0.2) is 0 Å². The van der Waals surface area contributed by atoms with E-state index in [9.17, 15) is 9.59 Å². The number of benzene rings is 1. The fourth-order valence-electron chi connectivity index (χ4n) is 3.12. The number of hydrogen-bond acceptors (Lipinski definition) is 3. The van der Waals surface area contributed by atoms with Gasteiger partial charge in [-0.05, 0) is 56.0 Å². The van der Waals surface area contributed by atoms with Crippen LogP contribution >= 0.6 is 0 Å². The molecule has 0 saturated carbocycles. The molecule has 138 valence electrons. The molecule has 1 atom stereocenters. The third kappa shape index (κ3) is 6.38. The Hall–Kier alpha value is -2.08. The van der Waals surface area contributed by atoms with Crippen molar-refractivity contribution in [2.24, 2.45) is 11.7 Å². The summed E-state index contributed by atoms with van der Waals surface area (Å²) in [5.74, 6) is 0.247. The second-order valence-electron chi connectivity index (χ2n) is 7.05. The third-order valence-corrected chi connectivity index (χ3v) is 4.68. The Morgan fingerprint density at radius 3 is 2.64 bits per heavy atom. The van der Waals surface area contributed by atoms with Crippen LogP contribution in [-0.4, -0.2) is 43.0 Å². The molecule has 1 unspecified atom stereocenters. The summed E-state index contributed by atoms with van der Waals surface area (Å²) in [6, 6.07) is 7.72. The fourth-order valence-corrected chi connectivity index (χ4v) is 3.12. The minimum Gasteiger partial charge on any atom is -0.369 e. The number of carbonyl (C=O) groups is 2. The van der Waals surface area contributed by atoms with Gasteiger partial charge in [-0.15, -0.1) is 0 Å². The SMILES string of the molecule is CC(C)c1ccc(NC(=O)NCCCN2CCCC(C(N)=O)C2)cc1.